The second kappa shape index (κ2) is 13.6. The second-order valence-electron chi connectivity index (χ2n) is 12.2. The van der Waals surface area contributed by atoms with E-state index in [4.69, 9.17) is 5.73 Å². The molecule has 2 aliphatic rings. The van der Waals surface area contributed by atoms with Crippen LogP contribution in [0.4, 0.5) is 54.0 Å². The van der Waals surface area contributed by atoms with E-state index in [1.165, 1.54) is 18.2 Å². The number of nitrogens with two attached hydrogens (primary N) is 1. The van der Waals surface area contributed by atoms with E-state index in [2.05, 4.69) is 20.2 Å². The highest BCUT2D eigenvalue weighted by molar-refractivity contribution is 5.94. The highest BCUT2D eigenvalue weighted by Crippen LogP contribution is 2.38. The summed E-state index contributed by atoms with van der Waals surface area (Å²) >= 11 is 0. The number of halogens is 7. The first-order valence-corrected chi connectivity index (χ1v) is 16.1. The van der Waals surface area contributed by atoms with Crippen LogP contribution in [0.15, 0.2) is 73.1 Å². The molecule has 0 unspecified atom stereocenters. The third kappa shape index (κ3) is 6.74. The number of imidazole rings is 2. The minimum atomic E-state index is -5.06. The Bertz CT molecular complexity index is 2270. The Balaban J connectivity index is 0.000000166. The molecule has 2 aliphatic heterocycles. The van der Waals surface area contributed by atoms with Crippen molar-refractivity contribution in [2.24, 2.45) is 0 Å². The van der Waals surface area contributed by atoms with Crippen molar-refractivity contribution in [3.63, 3.8) is 0 Å². The molecule has 0 saturated carbocycles. The summed E-state index contributed by atoms with van der Waals surface area (Å²) in [5.41, 5.74) is 7.26. The lowest BCUT2D eigenvalue weighted by atomic mass is 10.0. The summed E-state index contributed by atoms with van der Waals surface area (Å²) in [5.74, 6) is -2.90. The number of carbonyl (C=O) groups is 1. The van der Waals surface area contributed by atoms with Gasteiger partial charge in [-0.15, -0.1) is 10.2 Å². The average Bonchev–Trinajstić information content (AvgIpc) is 3.94. The maximum Gasteiger partial charge on any atom is 0.471 e. The lowest BCUT2D eigenvalue weighted by molar-refractivity contribution is -0.167. The van der Waals surface area contributed by atoms with E-state index in [0.29, 0.717) is 48.1 Å². The van der Waals surface area contributed by atoms with Gasteiger partial charge in [-0.05, 0) is 86.3 Å². The number of hydrogen-bond donors (Lipinski definition) is 2. The predicted molar refractivity (Wildman–Crippen MR) is 176 cm³/mol. The number of carbonyl (C=O) groups excluding carboxylic acids is 1. The number of hydrogen-bond acceptors (Lipinski definition) is 8. The first-order valence-electron chi connectivity index (χ1n) is 16.1. The molecule has 2 fully saturated rings. The van der Waals surface area contributed by atoms with E-state index in [1.807, 2.05) is 17.0 Å². The minimum Gasteiger partial charge on any atom is -0.382 e. The molecule has 1 amide bonds. The standard InChI is InChI=1S/C18H14F5N5O.C16H15F2N5/c19-10-3-4-12(20)11(8-10)13-2-1-7-27(13)15-6-5-14-24-9-16(28(14)26-15)25-17(29)18(21,22)23;17-10-3-4-12(18)11(8-10)13-2-1-7-22(13)16-6-5-15-20-9-14(19)23(15)21-16/h3-6,8-9,13H,1-2,7H2,(H,25,29);3-6,8-9,13H,1-2,7,19H2/t2*13-/m11/s1. The molecule has 3 N–H and O–H groups in total. The first-order chi connectivity index (χ1) is 24.9. The average molecular weight is 727 g/mol. The topological polar surface area (TPSA) is 122 Å². The Morgan fingerprint density at radius 3 is 1.75 bits per heavy atom. The fraction of sp³-hybridized carbons (Fsp3) is 0.265. The van der Waals surface area contributed by atoms with Crippen molar-refractivity contribution in [2.75, 3.05) is 33.9 Å². The van der Waals surface area contributed by atoms with E-state index in [1.54, 1.807) is 27.0 Å². The maximum atomic E-state index is 14.3. The van der Waals surface area contributed by atoms with Gasteiger partial charge in [0.05, 0.1) is 24.5 Å². The number of amides is 1. The normalized spacial score (nSPS) is 17.5. The zero-order valence-corrected chi connectivity index (χ0v) is 27.0. The van der Waals surface area contributed by atoms with Crippen LogP contribution in [0.5, 0.6) is 0 Å². The Morgan fingerprint density at radius 1 is 0.712 bits per heavy atom. The summed E-state index contributed by atoms with van der Waals surface area (Å²) < 4.78 is 95.8. The number of fused-ring (bicyclic) bond motifs is 2. The van der Waals surface area contributed by atoms with Crippen molar-refractivity contribution < 1.29 is 35.5 Å². The van der Waals surface area contributed by atoms with Gasteiger partial charge >= 0.3 is 12.1 Å². The number of rotatable bonds is 5. The molecule has 4 aromatic heterocycles. The number of aromatic nitrogens is 6. The van der Waals surface area contributed by atoms with Gasteiger partial charge in [-0.2, -0.15) is 22.2 Å². The van der Waals surface area contributed by atoms with Crippen molar-refractivity contribution in [1.29, 1.82) is 0 Å². The highest BCUT2D eigenvalue weighted by Gasteiger charge is 2.39. The van der Waals surface area contributed by atoms with Gasteiger partial charge in [-0.3, -0.25) is 4.79 Å². The molecule has 2 aromatic carbocycles. The van der Waals surface area contributed by atoms with Crippen LogP contribution in [0.3, 0.4) is 0 Å². The molecular formula is C34H29F7N10O. The van der Waals surface area contributed by atoms with E-state index in [9.17, 15) is 35.5 Å². The molecule has 11 nitrogen and oxygen atoms in total. The Morgan fingerprint density at radius 2 is 1.21 bits per heavy atom. The molecule has 0 radical (unpaired) electrons. The Labute approximate surface area is 290 Å². The highest BCUT2D eigenvalue weighted by atomic mass is 19.4. The van der Waals surface area contributed by atoms with E-state index in [-0.39, 0.29) is 23.1 Å². The third-order valence-electron chi connectivity index (χ3n) is 8.95. The third-order valence-corrected chi connectivity index (χ3v) is 8.95. The van der Waals surface area contributed by atoms with Gasteiger partial charge in [0.1, 0.15) is 40.7 Å². The molecule has 52 heavy (non-hydrogen) atoms. The van der Waals surface area contributed by atoms with Crippen LogP contribution in [0.2, 0.25) is 0 Å². The molecule has 18 heteroatoms. The number of nitrogens with zero attached hydrogens (tertiary/aromatic N) is 8. The van der Waals surface area contributed by atoms with E-state index in [0.717, 1.165) is 54.4 Å². The zero-order chi connectivity index (χ0) is 36.7. The van der Waals surface area contributed by atoms with Gasteiger partial charge < -0.3 is 20.9 Å². The summed E-state index contributed by atoms with van der Waals surface area (Å²) in [7, 11) is 0. The number of anilines is 4. The number of nitrogen functional groups attached to an aromatic ring is 1. The maximum absolute atomic E-state index is 14.3. The Kier molecular flexibility index (Phi) is 9.06. The molecule has 0 bridgehead atoms. The smallest absolute Gasteiger partial charge is 0.382 e. The molecule has 0 aliphatic carbocycles. The van der Waals surface area contributed by atoms with Crippen LogP contribution in [-0.2, 0) is 4.79 Å². The van der Waals surface area contributed by atoms with Crippen LogP contribution in [-0.4, -0.2) is 54.4 Å². The molecule has 2 atom stereocenters. The monoisotopic (exact) mass is 726 g/mol. The van der Waals surface area contributed by atoms with Crippen molar-refractivity contribution in [3.05, 3.63) is 107 Å². The van der Waals surface area contributed by atoms with Gasteiger partial charge in [-0.25, -0.2) is 27.5 Å². The number of alkyl halides is 3. The molecule has 6 heterocycles. The molecule has 8 rings (SSSR count). The van der Waals surface area contributed by atoms with E-state index >= 15 is 0 Å². The first kappa shape index (κ1) is 34.5. The minimum absolute atomic E-state index is 0.181. The summed E-state index contributed by atoms with van der Waals surface area (Å²) in [6.07, 6.45) is 0.433. The van der Waals surface area contributed by atoms with Crippen LogP contribution < -0.4 is 20.9 Å². The molecule has 6 aromatic rings. The van der Waals surface area contributed by atoms with Crippen LogP contribution in [0.25, 0.3) is 11.3 Å². The number of nitrogens with one attached hydrogen (secondary N) is 1. The van der Waals surface area contributed by atoms with Gasteiger partial charge in [0, 0.05) is 24.2 Å². The van der Waals surface area contributed by atoms with Gasteiger partial charge in [0.2, 0.25) is 0 Å². The van der Waals surface area contributed by atoms with Gasteiger partial charge in [0.15, 0.2) is 17.1 Å². The van der Waals surface area contributed by atoms with Crippen molar-refractivity contribution in [3.8, 4) is 0 Å². The van der Waals surface area contributed by atoms with Crippen LogP contribution in [0.1, 0.15) is 48.9 Å². The second-order valence-corrected chi connectivity index (χ2v) is 12.2. The summed E-state index contributed by atoms with van der Waals surface area (Å²) in [6.45, 7) is 1.23. The molecule has 2 saturated heterocycles. The Hall–Kier alpha value is -5.94. The van der Waals surface area contributed by atoms with Gasteiger partial charge in [0.25, 0.3) is 0 Å². The van der Waals surface area contributed by atoms with Crippen LogP contribution >= 0.6 is 0 Å². The molecular weight excluding hydrogens is 697 g/mol. The fourth-order valence-electron chi connectivity index (χ4n) is 6.59. The lowest BCUT2D eigenvalue weighted by Crippen LogP contribution is -2.30. The number of benzene rings is 2. The molecule has 270 valence electrons. The van der Waals surface area contributed by atoms with Crippen molar-refractivity contribution in [1.82, 2.24) is 29.2 Å². The summed E-state index contributed by atoms with van der Waals surface area (Å²) in [4.78, 5) is 23.0. The fourth-order valence-corrected chi connectivity index (χ4v) is 6.59. The van der Waals surface area contributed by atoms with Crippen molar-refractivity contribution >= 4 is 40.5 Å². The molecule has 0 spiro atoms. The lowest BCUT2D eigenvalue weighted by Gasteiger charge is -2.26. The zero-order valence-electron chi connectivity index (χ0n) is 27.0. The summed E-state index contributed by atoms with van der Waals surface area (Å²) in [5, 5.41) is 10.5. The van der Waals surface area contributed by atoms with Crippen LogP contribution in [0, 0.1) is 23.3 Å². The quantitative estimate of drug-likeness (QED) is 0.187. The summed E-state index contributed by atoms with van der Waals surface area (Å²) in [6, 6.07) is 12.8. The van der Waals surface area contributed by atoms with E-state index < -0.39 is 41.4 Å². The predicted octanol–water partition coefficient (Wildman–Crippen LogP) is 6.78. The largest absolute Gasteiger partial charge is 0.471 e. The van der Waals surface area contributed by atoms with Crippen molar-refractivity contribution in [2.45, 2.75) is 43.9 Å². The SMILES string of the molecule is Nc1cnc2ccc(N3CCC[C@@H]3c3cc(F)ccc3F)nn12.O=C(Nc1cnc2ccc(N3CCC[C@@H]3c3cc(F)ccc3F)nn12)C(F)(F)F. The van der Waals surface area contributed by atoms with Gasteiger partial charge in [-0.1, -0.05) is 0 Å².